The van der Waals surface area contributed by atoms with Crippen LogP contribution in [0.25, 0.3) is 16.9 Å². The summed E-state index contributed by atoms with van der Waals surface area (Å²) in [4.78, 5) is 12.0. The molecule has 164 valence electrons. The molecule has 2 aromatic carbocycles. The lowest BCUT2D eigenvalue weighted by Gasteiger charge is -2.32. The number of hydrogen-bond acceptors (Lipinski definition) is 5. The van der Waals surface area contributed by atoms with Crippen LogP contribution in [-0.4, -0.2) is 44.9 Å². The van der Waals surface area contributed by atoms with Crippen LogP contribution in [0.1, 0.15) is 24.0 Å². The van der Waals surface area contributed by atoms with Crippen molar-refractivity contribution in [3.8, 4) is 11.6 Å². The van der Waals surface area contributed by atoms with E-state index < -0.39 is 0 Å². The van der Waals surface area contributed by atoms with Crippen molar-refractivity contribution < 1.29 is 4.74 Å². The predicted octanol–water partition coefficient (Wildman–Crippen LogP) is 5.49. The van der Waals surface area contributed by atoms with Gasteiger partial charge in [0.05, 0.1) is 11.0 Å². The fourth-order valence-electron chi connectivity index (χ4n) is 4.41. The van der Waals surface area contributed by atoms with Gasteiger partial charge in [-0.1, -0.05) is 54.2 Å². The van der Waals surface area contributed by atoms with Crippen LogP contribution in [0.4, 0.5) is 0 Å². The molecule has 2 aromatic heterocycles. The van der Waals surface area contributed by atoms with E-state index in [0.717, 1.165) is 65.8 Å². The number of imidazole rings is 1. The van der Waals surface area contributed by atoms with Crippen molar-refractivity contribution in [3.05, 3.63) is 78.0 Å². The van der Waals surface area contributed by atoms with Crippen LogP contribution in [0, 0.1) is 6.92 Å². The summed E-state index contributed by atoms with van der Waals surface area (Å²) < 4.78 is 8.65. The van der Waals surface area contributed by atoms with Crippen LogP contribution in [0.3, 0.4) is 0 Å². The molecule has 1 aliphatic heterocycles. The van der Waals surface area contributed by atoms with Gasteiger partial charge in [-0.25, -0.2) is 9.97 Å². The Balaban J connectivity index is 1.32. The molecule has 0 N–H and O–H groups in total. The van der Waals surface area contributed by atoms with Gasteiger partial charge in [-0.3, -0.25) is 9.47 Å². The van der Waals surface area contributed by atoms with E-state index >= 15 is 0 Å². The lowest BCUT2D eigenvalue weighted by molar-refractivity contribution is 0.0962. The second-order valence-electron chi connectivity index (χ2n) is 8.26. The Bertz CT molecular complexity index is 1200. The average Bonchev–Trinajstić information content (AvgIpc) is 3.21. The van der Waals surface area contributed by atoms with Crippen LogP contribution in [0.5, 0.6) is 5.75 Å². The Kier molecular flexibility index (Phi) is 6.14. The third-order valence-corrected chi connectivity index (χ3v) is 6.77. The van der Waals surface area contributed by atoms with Crippen LogP contribution in [-0.2, 0) is 6.54 Å². The molecule has 3 heterocycles. The molecule has 0 bridgehead atoms. The molecule has 5 nitrogen and oxygen atoms in total. The molecule has 0 radical (unpaired) electrons. The number of piperidine rings is 1. The number of fused-ring (bicyclic) bond motifs is 1. The van der Waals surface area contributed by atoms with Gasteiger partial charge < -0.3 is 4.74 Å². The Morgan fingerprint density at radius 2 is 1.75 bits per heavy atom. The van der Waals surface area contributed by atoms with Crippen molar-refractivity contribution in [1.82, 2.24) is 19.4 Å². The van der Waals surface area contributed by atoms with Gasteiger partial charge in [-0.05, 0) is 49.8 Å². The summed E-state index contributed by atoms with van der Waals surface area (Å²) in [7, 11) is 0. The smallest absolute Gasteiger partial charge is 0.174 e. The monoisotopic (exact) mass is 444 g/mol. The highest BCUT2D eigenvalue weighted by Crippen LogP contribution is 2.31. The largest absolute Gasteiger partial charge is 0.490 e. The zero-order valence-electron chi connectivity index (χ0n) is 18.6. The lowest BCUT2D eigenvalue weighted by atomic mass is 10.1. The number of pyridine rings is 1. The Hall–Kier alpha value is -2.83. The number of hydrogen-bond donors (Lipinski definition) is 0. The van der Waals surface area contributed by atoms with E-state index in [1.165, 1.54) is 5.56 Å². The number of benzene rings is 2. The summed E-state index contributed by atoms with van der Waals surface area (Å²) in [6.07, 6.45) is 6.20. The second kappa shape index (κ2) is 9.35. The van der Waals surface area contributed by atoms with Crippen molar-refractivity contribution in [3.63, 3.8) is 0 Å². The molecule has 0 aliphatic carbocycles. The molecule has 0 spiro atoms. The SMILES string of the molecule is CSc1nc2ccccc2n1-c1nccc(OC2CCN(Cc3ccccc3)CC2)c1C. The number of ether oxygens (including phenoxy) is 1. The summed E-state index contributed by atoms with van der Waals surface area (Å²) in [5.74, 6) is 1.81. The molecule has 1 fully saturated rings. The molecule has 6 heteroatoms. The van der Waals surface area contributed by atoms with Gasteiger partial charge in [0.15, 0.2) is 5.16 Å². The first-order chi connectivity index (χ1) is 15.7. The zero-order chi connectivity index (χ0) is 21.9. The molecule has 1 aliphatic rings. The van der Waals surface area contributed by atoms with Gasteiger partial charge in [-0.15, -0.1) is 0 Å². The third kappa shape index (κ3) is 4.25. The summed E-state index contributed by atoms with van der Waals surface area (Å²) >= 11 is 1.63. The van der Waals surface area contributed by atoms with E-state index in [4.69, 9.17) is 14.7 Å². The van der Waals surface area contributed by atoms with Gasteiger partial charge in [0.1, 0.15) is 17.7 Å². The summed E-state index contributed by atoms with van der Waals surface area (Å²) in [6, 6.07) is 20.9. The molecule has 0 saturated carbocycles. The highest BCUT2D eigenvalue weighted by atomic mass is 32.2. The lowest BCUT2D eigenvalue weighted by Crippen LogP contribution is -2.37. The highest BCUT2D eigenvalue weighted by Gasteiger charge is 2.23. The van der Waals surface area contributed by atoms with Gasteiger partial charge >= 0.3 is 0 Å². The minimum atomic E-state index is 0.232. The third-order valence-electron chi connectivity index (χ3n) is 6.13. The number of aromatic nitrogens is 3. The maximum Gasteiger partial charge on any atom is 0.174 e. The van der Waals surface area contributed by atoms with Gasteiger partial charge in [0, 0.05) is 31.4 Å². The van der Waals surface area contributed by atoms with Crippen molar-refractivity contribution in [2.75, 3.05) is 19.3 Å². The van der Waals surface area contributed by atoms with Gasteiger partial charge in [0.25, 0.3) is 0 Å². The van der Waals surface area contributed by atoms with E-state index in [1.807, 2.05) is 30.5 Å². The summed E-state index contributed by atoms with van der Waals surface area (Å²) in [5.41, 5.74) is 4.48. The van der Waals surface area contributed by atoms with Crippen molar-refractivity contribution in [2.45, 2.75) is 37.6 Å². The molecule has 0 unspecified atom stereocenters. The molecule has 5 rings (SSSR count). The van der Waals surface area contributed by atoms with Crippen LogP contribution in [0.2, 0.25) is 0 Å². The Morgan fingerprint density at radius 1 is 1.00 bits per heavy atom. The van der Waals surface area contributed by atoms with E-state index in [-0.39, 0.29) is 6.10 Å². The number of likely N-dealkylation sites (tertiary alicyclic amines) is 1. The minimum absolute atomic E-state index is 0.232. The standard InChI is InChI=1S/C26H28N4OS/c1-19-24(31-21-13-16-29(17-14-21)18-20-8-4-3-5-9-20)12-15-27-25(19)30-23-11-7-6-10-22(23)28-26(30)32-2/h3-12,15,21H,13-14,16-18H2,1-2H3. The number of rotatable bonds is 6. The molecule has 4 aromatic rings. The molecular formula is C26H28N4OS. The zero-order valence-corrected chi connectivity index (χ0v) is 19.4. The molecule has 32 heavy (non-hydrogen) atoms. The van der Waals surface area contributed by atoms with E-state index in [1.54, 1.807) is 11.8 Å². The fourth-order valence-corrected chi connectivity index (χ4v) is 4.97. The maximum atomic E-state index is 6.50. The minimum Gasteiger partial charge on any atom is -0.490 e. The summed E-state index contributed by atoms with van der Waals surface area (Å²) in [6.45, 7) is 5.22. The number of para-hydroxylation sites is 2. The average molecular weight is 445 g/mol. The molecule has 1 saturated heterocycles. The second-order valence-corrected chi connectivity index (χ2v) is 9.03. The van der Waals surface area contributed by atoms with Crippen LogP contribution >= 0.6 is 11.8 Å². The first-order valence-electron chi connectivity index (χ1n) is 11.1. The van der Waals surface area contributed by atoms with Crippen LogP contribution < -0.4 is 4.74 Å². The first kappa shape index (κ1) is 21.0. The number of thioether (sulfide) groups is 1. The number of nitrogens with zero attached hydrogens (tertiary/aromatic N) is 4. The van der Waals surface area contributed by atoms with Gasteiger partial charge in [-0.2, -0.15) is 0 Å². The Morgan fingerprint density at radius 3 is 2.53 bits per heavy atom. The summed E-state index contributed by atoms with van der Waals surface area (Å²) in [5, 5.41) is 0.938. The molecule has 0 atom stereocenters. The van der Waals surface area contributed by atoms with Crippen LogP contribution in [0.15, 0.2) is 72.0 Å². The first-order valence-corrected chi connectivity index (χ1v) is 12.4. The maximum absolute atomic E-state index is 6.50. The van der Waals surface area contributed by atoms with Crippen molar-refractivity contribution >= 4 is 22.8 Å². The quantitative estimate of drug-likeness (QED) is 0.368. The topological polar surface area (TPSA) is 43.2 Å². The normalized spacial score (nSPS) is 15.3. The van der Waals surface area contributed by atoms with Gasteiger partial charge in [0.2, 0.25) is 0 Å². The van der Waals surface area contributed by atoms with Crippen molar-refractivity contribution in [1.29, 1.82) is 0 Å². The van der Waals surface area contributed by atoms with E-state index in [9.17, 15) is 0 Å². The van der Waals surface area contributed by atoms with E-state index in [2.05, 4.69) is 59.0 Å². The van der Waals surface area contributed by atoms with Crippen molar-refractivity contribution in [2.24, 2.45) is 0 Å². The highest BCUT2D eigenvalue weighted by molar-refractivity contribution is 7.98. The Labute approximate surface area is 193 Å². The predicted molar refractivity (Wildman–Crippen MR) is 131 cm³/mol. The van der Waals surface area contributed by atoms with E-state index in [0.29, 0.717) is 0 Å². The molecule has 0 amide bonds. The fraction of sp³-hybridized carbons (Fsp3) is 0.308. The molecular weight excluding hydrogens is 416 g/mol.